The van der Waals surface area contributed by atoms with Gasteiger partial charge < -0.3 is 89.5 Å². The van der Waals surface area contributed by atoms with E-state index in [0.29, 0.717) is 12.8 Å². The molecule has 20 heteroatoms. The lowest BCUT2D eigenvalue weighted by Crippen LogP contribution is -2.69. The van der Waals surface area contributed by atoms with Crippen molar-refractivity contribution in [2.45, 2.75) is 196 Å². The molecular weight excluding hydrogens is 774 g/mol. The van der Waals surface area contributed by atoms with E-state index in [9.17, 15) is 55.5 Å². The van der Waals surface area contributed by atoms with Crippen LogP contribution in [0.25, 0.3) is 0 Å². The maximum Gasteiger partial charge on any atom is 0.303 e. The Kier molecular flexibility index (Phi) is 18.5. The molecule has 17 atom stereocenters. The second-order valence-electron chi connectivity index (χ2n) is 17.1. The van der Waals surface area contributed by atoms with Crippen molar-refractivity contribution in [3.05, 3.63) is 0 Å². The molecule has 58 heavy (non-hydrogen) atoms. The first-order chi connectivity index (χ1) is 27.3. The van der Waals surface area contributed by atoms with Crippen molar-refractivity contribution >= 4 is 11.9 Å². The summed E-state index contributed by atoms with van der Waals surface area (Å²) < 4.78 is 40.5. The average Bonchev–Trinajstić information content (AvgIpc) is 3.45. The molecule has 1 amide bonds. The first-order valence-electron chi connectivity index (χ1n) is 20.4. The monoisotopic (exact) mass is 841 g/mol. The third kappa shape index (κ3) is 12.5. The lowest BCUT2D eigenvalue weighted by atomic mass is 9.79. The van der Waals surface area contributed by atoms with Gasteiger partial charge in [-0.2, -0.15) is 0 Å². The maximum absolute atomic E-state index is 13.0. The van der Waals surface area contributed by atoms with Crippen molar-refractivity contribution in [3.8, 4) is 0 Å². The molecule has 0 bridgehead atoms. The molecule has 0 saturated carbocycles. The molecular formula is C38H67NO19. The summed E-state index contributed by atoms with van der Waals surface area (Å²) in [5.74, 6) is -1.15. The summed E-state index contributed by atoms with van der Waals surface area (Å²) in [6, 6.07) is -1.10. The quantitative estimate of drug-likeness (QED) is 0.0578. The highest BCUT2D eigenvalue weighted by atomic mass is 16.8. The lowest BCUT2D eigenvalue weighted by Gasteiger charge is -2.51. The second-order valence-corrected chi connectivity index (χ2v) is 17.1. The molecule has 4 fully saturated rings. The normalized spacial score (nSPS) is 41.1. The van der Waals surface area contributed by atoms with Crippen LogP contribution in [0, 0.1) is 5.41 Å². The molecule has 4 heterocycles. The molecule has 338 valence electrons. The summed E-state index contributed by atoms with van der Waals surface area (Å²) in [5, 5.41) is 108. The van der Waals surface area contributed by atoms with Crippen LogP contribution in [0.1, 0.15) is 91.9 Å². The van der Waals surface area contributed by atoms with Crippen molar-refractivity contribution in [2.24, 2.45) is 5.41 Å². The van der Waals surface area contributed by atoms with Crippen LogP contribution in [0.15, 0.2) is 0 Å². The molecule has 0 aromatic heterocycles. The highest BCUT2D eigenvalue weighted by Crippen LogP contribution is 2.38. The zero-order chi connectivity index (χ0) is 42.9. The summed E-state index contributed by atoms with van der Waals surface area (Å²) in [6.45, 7) is 4.69. The third-order valence-electron chi connectivity index (χ3n) is 11.3. The molecule has 4 aliphatic rings. The van der Waals surface area contributed by atoms with E-state index < -0.39 is 142 Å². The zero-order valence-corrected chi connectivity index (χ0v) is 33.8. The number of carboxylic acids is 1. The Labute approximate surface area is 338 Å². The Bertz CT molecular complexity index is 1270. The van der Waals surface area contributed by atoms with Crippen molar-refractivity contribution < 1.29 is 93.8 Å². The minimum Gasteiger partial charge on any atom is -0.481 e. The van der Waals surface area contributed by atoms with Gasteiger partial charge in [0.15, 0.2) is 18.9 Å². The van der Waals surface area contributed by atoms with Crippen LogP contribution in [-0.2, 0) is 42.7 Å². The topological polar surface area (TPSA) is 313 Å². The molecule has 11 N–H and O–H groups in total. The van der Waals surface area contributed by atoms with Gasteiger partial charge in [-0.3, -0.25) is 9.59 Å². The van der Waals surface area contributed by atoms with Gasteiger partial charge in [0.05, 0.1) is 44.7 Å². The molecule has 20 nitrogen and oxygen atoms in total. The Morgan fingerprint density at radius 3 is 1.88 bits per heavy atom. The summed E-state index contributed by atoms with van der Waals surface area (Å²) in [6.07, 6.45) is -14.4. The highest BCUT2D eigenvalue weighted by molar-refractivity contribution is 5.76. The van der Waals surface area contributed by atoms with Crippen molar-refractivity contribution in [1.29, 1.82) is 0 Å². The van der Waals surface area contributed by atoms with E-state index in [1.807, 2.05) is 20.8 Å². The largest absolute Gasteiger partial charge is 0.481 e. The number of aliphatic hydroxyl groups is 9. The number of hydrogen-bond acceptors (Lipinski definition) is 18. The van der Waals surface area contributed by atoms with Crippen LogP contribution in [0.5, 0.6) is 0 Å². The van der Waals surface area contributed by atoms with Gasteiger partial charge in [0.2, 0.25) is 5.91 Å². The first kappa shape index (κ1) is 49.0. The third-order valence-corrected chi connectivity index (χ3v) is 11.3. The SMILES string of the molecule is CC1O[C@@H](OC2C(O)[C@@H](NC(=O)CCCCCCCCCCC(=O)O)C(CO)O[C@H]2C(C)(C)C)C(O)C(O)[C@H]1O[C@@H]1OC[C@@H](O)C(O[C@@H]2OCC(O)(CO)[C@@H]2O)C1O. The summed E-state index contributed by atoms with van der Waals surface area (Å²) in [4.78, 5) is 23.7. The van der Waals surface area contributed by atoms with E-state index in [4.69, 9.17) is 38.3 Å². The molecule has 0 aromatic rings. The van der Waals surface area contributed by atoms with Crippen molar-refractivity contribution in [2.75, 3.05) is 26.4 Å². The second kappa shape index (κ2) is 21.9. The molecule has 4 rings (SSSR count). The molecule has 0 spiro atoms. The van der Waals surface area contributed by atoms with Crippen LogP contribution in [0.2, 0.25) is 0 Å². The highest BCUT2D eigenvalue weighted by Gasteiger charge is 2.55. The average molecular weight is 842 g/mol. The Balaban J connectivity index is 1.34. The number of unbranched alkanes of at least 4 members (excludes halogenated alkanes) is 7. The number of aliphatic hydroxyl groups excluding tert-OH is 8. The van der Waals surface area contributed by atoms with E-state index in [0.717, 1.165) is 38.5 Å². The van der Waals surface area contributed by atoms with Gasteiger partial charge in [0.1, 0.15) is 66.6 Å². The van der Waals surface area contributed by atoms with E-state index in [1.165, 1.54) is 6.92 Å². The number of rotatable bonds is 20. The number of carbonyl (C=O) groups is 2. The fourth-order valence-electron chi connectivity index (χ4n) is 7.76. The van der Waals surface area contributed by atoms with Crippen LogP contribution in [0.3, 0.4) is 0 Å². The fourth-order valence-corrected chi connectivity index (χ4v) is 7.76. The van der Waals surface area contributed by atoms with E-state index >= 15 is 0 Å². The van der Waals surface area contributed by atoms with E-state index in [-0.39, 0.29) is 18.7 Å². The molecule has 9 unspecified atom stereocenters. The number of carbonyl (C=O) groups excluding carboxylic acids is 1. The van der Waals surface area contributed by atoms with Gasteiger partial charge in [-0.25, -0.2) is 0 Å². The van der Waals surface area contributed by atoms with Gasteiger partial charge >= 0.3 is 5.97 Å². The number of aliphatic carboxylic acids is 1. The van der Waals surface area contributed by atoms with Gasteiger partial charge in [-0.15, -0.1) is 0 Å². The molecule has 4 aliphatic heterocycles. The van der Waals surface area contributed by atoms with Gasteiger partial charge in [0, 0.05) is 12.8 Å². The number of carboxylic acid groups (broad SMARTS) is 1. The smallest absolute Gasteiger partial charge is 0.303 e. The first-order valence-corrected chi connectivity index (χ1v) is 20.4. The molecule has 4 saturated heterocycles. The number of amides is 1. The number of ether oxygens (including phenoxy) is 7. The fraction of sp³-hybridized carbons (Fsp3) is 0.947. The Morgan fingerprint density at radius 1 is 0.724 bits per heavy atom. The summed E-state index contributed by atoms with van der Waals surface area (Å²) >= 11 is 0. The lowest BCUT2D eigenvalue weighted by molar-refractivity contribution is -0.366. The minimum atomic E-state index is -2.02. The maximum atomic E-state index is 13.0. The summed E-state index contributed by atoms with van der Waals surface area (Å²) in [5.41, 5.74) is -2.72. The van der Waals surface area contributed by atoms with E-state index in [1.54, 1.807) is 0 Å². The number of nitrogens with one attached hydrogen (secondary N) is 1. The standard InChI is InChI=1S/C38H67NO19/c1-19-29(56-34-28(49)30(20(42)16-52-34)57-36-32(50)38(51,17-41)18-53-36)26(47)27(48)35(54-19)58-31-25(46)24(21(15-40)55-33(31)37(2,3)4)39-22(43)13-11-9-7-5-6-8-10-12-14-23(44)45/h19-21,24-36,40-42,46-51H,5-18H2,1-4H3,(H,39,43)(H,44,45)/t19?,20-,21?,24+,25?,26?,27?,28?,29+,30?,31?,32-,33-,34+,35+,36+,38?/m1/s1. The summed E-state index contributed by atoms with van der Waals surface area (Å²) in [7, 11) is 0. The van der Waals surface area contributed by atoms with Gasteiger partial charge in [-0.05, 0) is 25.2 Å². The minimum absolute atomic E-state index is 0.165. The predicted octanol–water partition coefficient (Wildman–Crippen LogP) is -2.24. The van der Waals surface area contributed by atoms with Crippen molar-refractivity contribution in [3.63, 3.8) is 0 Å². The van der Waals surface area contributed by atoms with Crippen molar-refractivity contribution in [1.82, 2.24) is 5.32 Å². The Hall–Kier alpha value is -1.70. The van der Waals surface area contributed by atoms with E-state index in [2.05, 4.69) is 5.32 Å². The molecule has 0 radical (unpaired) electrons. The Morgan fingerprint density at radius 2 is 1.31 bits per heavy atom. The van der Waals surface area contributed by atoms with Crippen LogP contribution >= 0.6 is 0 Å². The van der Waals surface area contributed by atoms with Gasteiger partial charge in [0.25, 0.3) is 0 Å². The molecule has 0 aliphatic carbocycles. The van der Waals surface area contributed by atoms with Crippen LogP contribution in [-0.4, -0.2) is 193 Å². The van der Waals surface area contributed by atoms with Crippen LogP contribution < -0.4 is 5.32 Å². The molecule has 0 aromatic carbocycles. The van der Waals surface area contributed by atoms with Crippen LogP contribution in [0.4, 0.5) is 0 Å². The predicted molar refractivity (Wildman–Crippen MR) is 197 cm³/mol. The zero-order valence-electron chi connectivity index (χ0n) is 33.8. The van der Waals surface area contributed by atoms with Gasteiger partial charge in [-0.1, -0.05) is 59.3 Å². The number of hydrogen-bond donors (Lipinski definition) is 11.